The molecule has 4 heterocycles. The molecule has 0 atom stereocenters. The molecule has 2 aliphatic rings. The number of benzene rings is 2. The van der Waals surface area contributed by atoms with Crippen molar-refractivity contribution >= 4 is 17.5 Å². The Labute approximate surface area is 234 Å². The number of Topliss-reactive ketones (excluding diaryl/α,β-unsaturated/α-hetero) is 1. The molecule has 0 N–H and O–H groups in total. The zero-order valence-corrected chi connectivity index (χ0v) is 22.9. The molecule has 2 fully saturated rings. The van der Waals surface area contributed by atoms with Gasteiger partial charge in [0.1, 0.15) is 5.82 Å². The maximum atomic E-state index is 13.3. The first-order valence-corrected chi connectivity index (χ1v) is 13.7. The number of anilines is 1. The number of hydrogen-bond donors (Lipinski definition) is 0. The van der Waals surface area contributed by atoms with Crippen molar-refractivity contribution in [3.8, 4) is 11.1 Å². The Kier molecular flexibility index (Phi) is 7.17. The average Bonchev–Trinajstić information content (AvgIpc) is 3.40. The summed E-state index contributed by atoms with van der Waals surface area (Å²) in [6, 6.07) is 17.9. The summed E-state index contributed by atoms with van der Waals surface area (Å²) in [5.74, 6) is 1.19. The van der Waals surface area contributed by atoms with Crippen molar-refractivity contribution in [2.24, 2.45) is 7.05 Å². The third-order valence-corrected chi connectivity index (χ3v) is 7.94. The Bertz CT molecular complexity index is 1520. The fraction of sp³-hybridized carbons (Fsp3) is 0.312. The summed E-state index contributed by atoms with van der Waals surface area (Å²) in [6.07, 6.45) is 5.75. The summed E-state index contributed by atoms with van der Waals surface area (Å²) >= 11 is 0. The third kappa shape index (κ3) is 5.40. The maximum Gasteiger partial charge on any atom is 0.253 e. The van der Waals surface area contributed by atoms with E-state index in [1.807, 2.05) is 61.6 Å². The van der Waals surface area contributed by atoms with Crippen LogP contribution in [0.15, 0.2) is 73.2 Å². The minimum absolute atomic E-state index is 0.00697. The molecule has 8 nitrogen and oxygen atoms in total. The van der Waals surface area contributed by atoms with Crippen LogP contribution in [0.3, 0.4) is 0 Å². The van der Waals surface area contributed by atoms with E-state index in [9.17, 15) is 9.59 Å². The first-order chi connectivity index (χ1) is 19.4. The van der Waals surface area contributed by atoms with E-state index in [1.54, 1.807) is 10.9 Å². The van der Waals surface area contributed by atoms with Crippen LogP contribution in [0.25, 0.3) is 11.1 Å². The van der Waals surface area contributed by atoms with Gasteiger partial charge in [-0.15, -0.1) is 0 Å². The first-order valence-electron chi connectivity index (χ1n) is 13.7. The molecular weight excluding hydrogens is 502 g/mol. The zero-order valence-electron chi connectivity index (χ0n) is 22.9. The Morgan fingerprint density at radius 1 is 0.925 bits per heavy atom. The molecule has 4 aromatic rings. The van der Waals surface area contributed by atoms with Gasteiger partial charge in [0.2, 0.25) is 0 Å². The summed E-state index contributed by atoms with van der Waals surface area (Å²) in [5, 5.41) is 4.24. The van der Waals surface area contributed by atoms with Crippen LogP contribution in [0.1, 0.15) is 43.3 Å². The van der Waals surface area contributed by atoms with E-state index in [0.29, 0.717) is 43.3 Å². The van der Waals surface area contributed by atoms with Gasteiger partial charge in [0.15, 0.2) is 5.78 Å². The molecule has 0 radical (unpaired) electrons. The van der Waals surface area contributed by atoms with E-state index >= 15 is 0 Å². The number of aromatic nitrogens is 3. The van der Waals surface area contributed by atoms with Gasteiger partial charge in [0, 0.05) is 74.6 Å². The summed E-state index contributed by atoms with van der Waals surface area (Å²) in [6.45, 7) is 6.34. The number of amides is 1. The minimum atomic E-state index is -0.00697. The summed E-state index contributed by atoms with van der Waals surface area (Å²) < 4.78 is 7.20. The third-order valence-electron chi connectivity index (χ3n) is 7.94. The van der Waals surface area contributed by atoms with Crippen LogP contribution < -0.4 is 4.90 Å². The van der Waals surface area contributed by atoms with Gasteiger partial charge < -0.3 is 14.5 Å². The van der Waals surface area contributed by atoms with Crippen molar-refractivity contribution in [2.45, 2.75) is 19.3 Å². The van der Waals surface area contributed by atoms with Crippen LogP contribution in [-0.2, 0) is 18.2 Å². The molecule has 6 rings (SSSR count). The zero-order chi connectivity index (χ0) is 27.6. The van der Waals surface area contributed by atoms with Crippen LogP contribution >= 0.6 is 0 Å². The second kappa shape index (κ2) is 11.1. The standard InChI is InChI=1S/C32H33N5O3/c1-22-3-4-25(15-27(22)16-30(38)26-9-10-31(33-17-26)36-11-13-40-14-12-36)32(39)37-20-29(21-37)24-7-5-23(6-8-24)28-18-34-35(2)19-28/h3-10,15,17-19,29H,11-14,16,20-21H2,1-2H3. The van der Waals surface area contributed by atoms with Crippen molar-refractivity contribution in [2.75, 3.05) is 44.3 Å². The molecule has 0 spiro atoms. The highest BCUT2D eigenvalue weighted by Gasteiger charge is 2.32. The predicted molar refractivity (Wildman–Crippen MR) is 154 cm³/mol. The van der Waals surface area contributed by atoms with Crippen LogP contribution in [0.5, 0.6) is 0 Å². The fourth-order valence-corrected chi connectivity index (χ4v) is 5.36. The largest absolute Gasteiger partial charge is 0.378 e. The Morgan fingerprint density at radius 3 is 2.35 bits per heavy atom. The number of ether oxygens (including phenoxy) is 1. The number of rotatable bonds is 7. The molecule has 0 unspecified atom stereocenters. The number of nitrogens with zero attached hydrogens (tertiary/aromatic N) is 5. The van der Waals surface area contributed by atoms with Crippen molar-refractivity contribution in [1.29, 1.82) is 0 Å². The van der Waals surface area contributed by atoms with Gasteiger partial charge in [-0.3, -0.25) is 14.3 Å². The Hall–Kier alpha value is -4.30. The Balaban J connectivity index is 1.07. The van der Waals surface area contributed by atoms with Crippen LogP contribution in [0.4, 0.5) is 5.82 Å². The van der Waals surface area contributed by atoms with Gasteiger partial charge in [-0.05, 0) is 53.4 Å². The predicted octanol–water partition coefficient (Wildman–Crippen LogP) is 4.29. The topological polar surface area (TPSA) is 80.6 Å². The maximum absolute atomic E-state index is 13.3. The van der Waals surface area contributed by atoms with Gasteiger partial charge in [-0.2, -0.15) is 5.10 Å². The number of ketones is 1. The highest BCUT2D eigenvalue weighted by Crippen LogP contribution is 2.30. The number of carbonyl (C=O) groups is 2. The lowest BCUT2D eigenvalue weighted by Gasteiger charge is -2.39. The van der Waals surface area contributed by atoms with E-state index < -0.39 is 0 Å². The first kappa shape index (κ1) is 26.0. The van der Waals surface area contributed by atoms with Crippen LogP contribution in [0.2, 0.25) is 0 Å². The fourth-order valence-electron chi connectivity index (χ4n) is 5.36. The van der Waals surface area contributed by atoms with Crippen molar-refractivity contribution < 1.29 is 14.3 Å². The molecule has 204 valence electrons. The molecule has 0 aliphatic carbocycles. The monoisotopic (exact) mass is 535 g/mol. The summed E-state index contributed by atoms with van der Waals surface area (Å²) in [5.41, 5.74) is 6.53. The highest BCUT2D eigenvalue weighted by atomic mass is 16.5. The normalized spacial score (nSPS) is 15.7. The smallest absolute Gasteiger partial charge is 0.253 e. The molecule has 2 aliphatic heterocycles. The molecule has 40 heavy (non-hydrogen) atoms. The number of hydrogen-bond acceptors (Lipinski definition) is 6. The molecule has 0 saturated carbocycles. The van der Waals surface area contributed by atoms with E-state index in [4.69, 9.17) is 4.74 Å². The van der Waals surface area contributed by atoms with Gasteiger partial charge in [-0.1, -0.05) is 30.3 Å². The van der Waals surface area contributed by atoms with Crippen molar-refractivity contribution in [3.63, 3.8) is 0 Å². The number of carbonyl (C=O) groups excluding carboxylic acids is 2. The molecule has 2 aromatic carbocycles. The van der Waals surface area contributed by atoms with Crippen LogP contribution in [0, 0.1) is 6.92 Å². The van der Waals surface area contributed by atoms with Gasteiger partial charge in [0.05, 0.1) is 19.4 Å². The lowest BCUT2D eigenvalue weighted by molar-refractivity contribution is 0.0602. The van der Waals surface area contributed by atoms with Crippen molar-refractivity contribution in [3.05, 3.63) is 101 Å². The number of likely N-dealkylation sites (tertiary alicyclic amines) is 1. The van der Waals surface area contributed by atoms with Gasteiger partial charge in [0.25, 0.3) is 5.91 Å². The lowest BCUT2D eigenvalue weighted by atomic mass is 9.89. The van der Waals surface area contributed by atoms with Crippen molar-refractivity contribution in [1.82, 2.24) is 19.7 Å². The van der Waals surface area contributed by atoms with E-state index in [1.165, 1.54) is 5.56 Å². The van der Waals surface area contributed by atoms with E-state index in [0.717, 1.165) is 41.2 Å². The highest BCUT2D eigenvalue weighted by molar-refractivity contribution is 5.99. The number of morpholine rings is 1. The summed E-state index contributed by atoms with van der Waals surface area (Å²) in [7, 11) is 1.91. The molecule has 0 bridgehead atoms. The molecule has 8 heteroatoms. The molecule has 2 aromatic heterocycles. The minimum Gasteiger partial charge on any atom is -0.378 e. The SMILES string of the molecule is Cc1ccc(C(=O)N2CC(c3ccc(-c4cnn(C)c4)cc3)C2)cc1CC(=O)c1ccc(N2CCOCC2)nc1. The van der Waals surface area contributed by atoms with E-state index in [2.05, 4.69) is 39.2 Å². The second-order valence-corrected chi connectivity index (χ2v) is 10.7. The molecular formula is C32H33N5O3. The quantitative estimate of drug-likeness (QED) is 0.329. The lowest BCUT2D eigenvalue weighted by Crippen LogP contribution is -2.48. The van der Waals surface area contributed by atoms with Gasteiger partial charge in [-0.25, -0.2) is 4.98 Å². The number of pyridine rings is 1. The molecule has 2 saturated heterocycles. The van der Waals surface area contributed by atoms with E-state index in [-0.39, 0.29) is 18.1 Å². The molecule has 1 amide bonds. The number of aryl methyl sites for hydroxylation is 2. The van der Waals surface area contributed by atoms with Gasteiger partial charge >= 0.3 is 0 Å². The second-order valence-electron chi connectivity index (χ2n) is 10.7. The Morgan fingerprint density at radius 2 is 1.68 bits per heavy atom. The van der Waals surface area contributed by atoms with Crippen LogP contribution in [-0.4, -0.2) is 70.7 Å². The average molecular weight is 536 g/mol. The summed E-state index contributed by atoms with van der Waals surface area (Å²) in [4.78, 5) is 34.9.